The second-order valence-electron chi connectivity index (χ2n) is 6.25. The van der Waals surface area contributed by atoms with E-state index in [0.29, 0.717) is 5.69 Å². The molecule has 1 atom stereocenters. The Kier molecular flexibility index (Phi) is 6.49. The summed E-state index contributed by atoms with van der Waals surface area (Å²) in [5.74, 6) is -0.0148. The molecule has 1 heterocycles. The van der Waals surface area contributed by atoms with E-state index in [4.69, 9.17) is 14.8 Å². The lowest BCUT2D eigenvalue weighted by atomic mass is 9.79. The number of hydrogen-bond donors (Lipinski definition) is 1. The van der Waals surface area contributed by atoms with Crippen molar-refractivity contribution in [3.8, 4) is 18.2 Å². The predicted octanol–water partition coefficient (Wildman–Crippen LogP) is 3.18. The number of nitrogens with two attached hydrogens (primary N) is 1. The summed E-state index contributed by atoms with van der Waals surface area (Å²) in [6.45, 7) is 5.53. The molecule has 0 aliphatic carbocycles. The molecule has 0 aromatic heterocycles. The summed E-state index contributed by atoms with van der Waals surface area (Å²) in [6, 6.07) is 12.0. The number of hydrogen-bond acceptors (Lipinski definition) is 8. The predicted molar refractivity (Wildman–Crippen MR) is 104 cm³/mol. The fourth-order valence-corrected chi connectivity index (χ4v) is 5.21. The minimum absolute atomic E-state index is 0.0148. The summed E-state index contributed by atoms with van der Waals surface area (Å²) < 4.78 is 23.9. The molecule has 28 heavy (non-hydrogen) atoms. The van der Waals surface area contributed by atoms with Crippen LogP contribution in [0.3, 0.4) is 0 Å². The molecule has 1 aliphatic rings. The molecule has 146 valence electrons. The molecule has 0 saturated heterocycles. The maximum atomic E-state index is 13.2. The van der Waals surface area contributed by atoms with Crippen LogP contribution in [0.5, 0.6) is 0 Å². The fourth-order valence-electron chi connectivity index (χ4n) is 3.27. The summed E-state index contributed by atoms with van der Waals surface area (Å²) >= 11 is 0. The summed E-state index contributed by atoms with van der Waals surface area (Å²) in [6.07, 6.45) is -0.268. The molecular formula is C19H22N5O3P. The van der Waals surface area contributed by atoms with Crippen molar-refractivity contribution >= 4 is 13.3 Å². The Labute approximate surface area is 164 Å². The van der Waals surface area contributed by atoms with Gasteiger partial charge in [-0.1, -0.05) is 17.7 Å². The van der Waals surface area contributed by atoms with Crippen LogP contribution >= 0.6 is 7.60 Å². The molecule has 0 fully saturated rings. The highest BCUT2D eigenvalue weighted by atomic mass is 31.2. The van der Waals surface area contributed by atoms with Crippen molar-refractivity contribution in [2.75, 3.05) is 24.3 Å². The SMILES string of the molecule is CCOP(=O)(CC1N(c2ccc(C)cc2)C(N)=C(C#N)C1(C#N)C#N)OCC. The van der Waals surface area contributed by atoms with Gasteiger partial charge in [-0.15, -0.1) is 0 Å². The zero-order chi connectivity index (χ0) is 20.9. The van der Waals surface area contributed by atoms with E-state index in [2.05, 4.69) is 0 Å². The summed E-state index contributed by atoms with van der Waals surface area (Å²) in [4.78, 5) is 1.51. The second-order valence-corrected chi connectivity index (χ2v) is 8.36. The molecule has 0 radical (unpaired) electrons. The minimum atomic E-state index is -3.64. The van der Waals surface area contributed by atoms with Crippen LogP contribution < -0.4 is 10.6 Å². The van der Waals surface area contributed by atoms with E-state index < -0.39 is 19.1 Å². The molecule has 1 unspecified atom stereocenters. The van der Waals surface area contributed by atoms with Gasteiger partial charge >= 0.3 is 7.60 Å². The third-order valence-electron chi connectivity index (χ3n) is 4.55. The van der Waals surface area contributed by atoms with Crippen molar-refractivity contribution in [1.82, 2.24) is 0 Å². The average molecular weight is 399 g/mol. The first kappa shape index (κ1) is 21.5. The maximum Gasteiger partial charge on any atom is 0.332 e. The number of nitrogens with zero attached hydrogens (tertiary/aromatic N) is 4. The summed E-state index contributed by atoms with van der Waals surface area (Å²) in [5, 5.41) is 29.3. The van der Waals surface area contributed by atoms with Crippen LogP contribution in [0, 0.1) is 46.3 Å². The Morgan fingerprint density at radius 3 is 2.11 bits per heavy atom. The zero-order valence-corrected chi connectivity index (χ0v) is 16.9. The first-order valence-electron chi connectivity index (χ1n) is 8.79. The molecule has 0 amide bonds. The first-order valence-corrected chi connectivity index (χ1v) is 10.5. The van der Waals surface area contributed by atoms with Crippen LogP contribution in [-0.2, 0) is 13.6 Å². The second kappa shape index (κ2) is 8.46. The van der Waals surface area contributed by atoms with Crippen molar-refractivity contribution in [3.05, 3.63) is 41.2 Å². The molecular weight excluding hydrogens is 377 g/mol. The van der Waals surface area contributed by atoms with Gasteiger partial charge in [-0.3, -0.25) is 4.57 Å². The highest BCUT2D eigenvalue weighted by Gasteiger charge is 2.57. The van der Waals surface area contributed by atoms with Crippen LogP contribution in [-0.4, -0.2) is 25.4 Å². The minimum Gasteiger partial charge on any atom is -0.384 e. The Balaban J connectivity index is 2.67. The average Bonchev–Trinajstić information content (AvgIpc) is 2.90. The van der Waals surface area contributed by atoms with Gasteiger partial charge in [-0.2, -0.15) is 15.8 Å². The van der Waals surface area contributed by atoms with E-state index in [1.165, 1.54) is 4.90 Å². The van der Waals surface area contributed by atoms with E-state index >= 15 is 0 Å². The largest absolute Gasteiger partial charge is 0.384 e. The lowest BCUT2D eigenvalue weighted by molar-refractivity contribution is 0.217. The molecule has 2 N–H and O–H groups in total. The molecule has 1 aromatic rings. The van der Waals surface area contributed by atoms with Gasteiger partial charge < -0.3 is 19.7 Å². The number of nitriles is 3. The third kappa shape index (κ3) is 3.61. The van der Waals surface area contributed by atoms with Gasteiger partial charge in [0, 0.05) is 5.69 Å². The van der Waals surface area contributed by atoms with Gasteiger partial charge in [0.15, 0.2) is 0 Å². The number of anilines is 1. The summed E-state index contributed by atoms with van der Waals surface area (Å²) in [7, 11) is -3.64. The highest BCUT2D eigenvalue weighted by Crippen LogP contribution is 2.55. The Hall–Kier alpha value is -2.82. The van der Waals surface area contributed by atoms with Crippen LogP contribution in [0.4, 0.5) is 5.69 Å². The van der Waals surface area contributed by atoms with Crippen molar-refractivity contribution in [2.24, 2.45) is 11.1 Å². The Bertz CT molecular complexity index is 912. The van der Waals surface area contributed by atoms with Gasteiger partial charge in [-0.05, 0) is 32.9 Å². The molecule has 9 heteroatoms. The van der Waals surface area contributed by atoms with Gasteiger partial charge in [0.25, 0.3) is 0 Å². The third-order valence-corrected chi connectivity index (χ3v) is 6.64. The number of benzene rings is 1. The molecule has 8 nitrogen and oxygen atoms in total. The van der Waals surface area contributed by atoms with E-state index in [1.54, 1.807) is 26.0 Å². The van der Waals surface area contributed by atoms with Crippen molar-refractivity contribution in [2.45, 2.75) is 26.8 Å². The van der Waals surface area contributed by atoms with Crippen LogP contribution in [0.2, 0.25) is 0 Å². The lowest BCUT2D eigenvalue weighted by Gasteiger charge is -2.33. The molecule has 1 aliphatic heterocycles. The van der Waals surface area contributed by atoms with Gasteiger partial charge in [0.2, 0.25) is 5.41 Å². The van der Waals surface area contributed by atoms with E-state index in [0.717, 1.165) is 5.56 Å². The quantitative estimate of drug-likeness (QED) is 0.690. The van der Waals surface area contributed by atoms with E-state index in [9.17, 15) is 20.4 Å². The topological polar surface area (TPSA) is 136 Å². The Morgan fingerprint density at radius 2 is 1.68 bits per heavy atom. The Morgan fingerprint density at radius 1 is 1.14 bits per heavy atom. The van der Waals surface area contributed by atoms with Gasteiger partial charge in [0.1, 0.15) is 17.5 Å². The van der Waals surface area contributed by atoms with Crippen molar-refractivity contribution < 1.29 is 13.6 Å². The molecule has 0 saturated carbocycles. The molecule has 0 bridgehead atoms. The fraction of sp³-hybridized carbons (Fsp3) is 0.421. The summed E-state index contributed by atoms with van der Waals surface area (Å²) in [5.41, 5.74) is 5.72. The molecule has 0 spiro atoms. The number of aryl methyl sites for hydroxylation is 1. The van der Waals surface area contributed by atoms with Gasteiger partial charge in [-0.25, -0.2) is 0 Å². The maximum absolute atomic E-state index is 13.2. The van der Waals surface area contributed by atoms with Crippen LogP contribution in [0.1, 0.15) is 19.4 Å². The smallest absolute Gasteiger partial charge is 0.332 e. The normalized spacial score (nSPS) is 18.4. The van der Waals surface area contributed by atoms with Crippen molar-refractivity contribution in [1.29, 1.82) is 15.8 Å². The van der Waals surface area contributed by atoms with Crippen LogP contribution in [0.25, 0.3) is 0 Å². The van der Waals surface area contributed by atoms with Gasteiger partial charge in [0.05, 0.1) is 37.6 Å². The van der Waals surface area contributed by atoms with Crippen molar-refractivity contribution in [3.63, 3.8) is 0 Å². The monoisotopic (exact) mass is 399 g/mol. The first-order chi connectivity index (χ1) is 13.3. The highest BCUT2D eigenvalue weighted by molar-refractivity contribution is 7.53. The van der Waals surface area contributed by atoms with Crippen LogP contribution in [0.15, 0.2) is 35.7 Å². The van der Waals surface area contributed by atoms with E-state index in [1.807, 2.05) is 37.3 Å². The molecule has 2 rings (SSSR count). The zero-order valence-electron chi connectivity index (χ0n) is 16.0. The molecule has 1 aromatic carbocycles. The van der Waals surface area contributed by atoms with E-state index in [-0.39, 0.29) is 30.8 Å². The standard InChI is InChI=1S/C19H22N5O3P/c1-4-26-28(25,27-5-2)11-17-19(12-21,13-22)16(10-20)18(23)24(17)15-8-6-14(3)7-9-15/h6-9,17H,4-5,11,23H2,1-3H3. The lowest BCUT2D eigenvalue weighted by Crippen LogP contribution is -2.44. The number of rotatable bonds is 7.